The van der Waals surface area contributed by atoms with Crippen LogP contribution in [0.2, 0.25) is 0 Å². The van der Waals surface area contributed by atoms with Crippen molar-refractivity contribution < 1.29 is 9.13 Å². The first-order chi connectivity index (χ1) is 13.5. The SMILES string of the molecule is COc1ccn2ncc(-c3nc4[nH]nc(N(C)CCN(C)C)c4cc3F)c2c1. The summed E-state index contributed by atoms with van der Waals surface area (Å²) in [7, 11) is 7.54. The van der Waals surface area contributed by atoms with Gasteiger partial charge in [0.15, 0.2) is 17.3 Å². The summed E-state index contributed by atoms with van der Waals surface area (Å²) < 4.78 is 22.0. The Kier molecular flexibility index (Phi) is 4.60. The highest BCUT2D eigenvalue weighted by molar-refractivity contribution is 5.90. The number of aromatic nitrogens is 5. The fourth-order valence-corrected chi connectivity index (χ4v) is 3.12. The van der Waals surface area contributed by atoms with Crippen molar-refractivity contribution in [1.29, 1.82) is 0 Å². The van der Waals surface area contributed by atoms with E-state index in [0.29, 0.717) is 33.7 Å². The molecule has 0 radical (unpaired) electrons. The van der Waals surface area contributed by atoms with Crippen LogP contribution in [0.3, 0.4) is 0 Å². The van der Waals surface area contributed by atoms with Gasteiger partial charge in [0.2, 0.25) is 0 Å². The third kappa shape index (κ3) is 3.13. The highest BCUT2D eigenvalue weighted by Crippen LogP contribution is 2.31. The Labute approximate surface area is 161 Å². The van der Waals surface area contributed by atoms with Crippen molar-refractivity contribution in [3.63, 3.8) is 0 Å². The number of nitrogens with zero attached hydrogens (tertiary/aromatic N) is 6. The van der Waals surface area contributed by atoms with E-state index in [-0.39, 0.29) is 5.69 Å². The van der Waals surface area contributed by atoms with Crippen molar-refractivity contribution >= 4 is 22.4 Å². The molecule has 0 spiro atoms. The standard InChI is InChI=1S/C19H22FN7O/c1-25(2)7-8-26(3)19-13-10-15(20)17(22-18(13)23-24-19)14-11-21-27-6-5-12(28-4)9-16(14)27/h5-6,9-11H,7-8H2,1-4H3,(H,22,23,24). The van der Waals surface area contributed by atoms with E-state index in [4.69, 9.17) is 4.74 Å². The molecule has 1 N–H and O–H groups in total. The fourth-order valence-electron chi connectivity index (χ4n) is 3.12. The lowest BCUT2D eigenvalue weighted by Gasteiger charge is -2.19. The van der Waals surface area contributed by atoms with Crippen LogP contribution in [0.1, 0.15) is 0 Å². The Morgan fingerprint density at radius 2 is 2.04 bits per heavy atom. The highest BCUT2D eigenvalue weighted by atomic mass is 19.1. The second kappa shape index (κ2) is 7.08. The zero-order chi connectivity index (χ0) is 19.8. The number of nitrogens with one attached hydrogen (secondary N) is 1. The second-order valence-electron chi connectivity index (χ2n) is 6.94. The molecule has 0 aliphatic rings. The maximum atomic E-state index is 15.0. The van der Waals surface area contributed by atoms with Gasteiger partial charge in [0.1, 0.15) is 11.4 Å². The number of pyridine rings is 2. The summed E-state index contributed by atoms with van der Waals surface area (Å²) in [6.07, 6.45) is 3.37. The first-order valence-corrected chi connectivity index (χ1v) is 8.90. The van der Waals surface area contributed by atoms with Crippen LogP contribution in [0.15, 0.2) is 30.6 Å². The summed E-state index contributed by atoms with van der Waals surface area (Å²) in [5, 5.41) is 12.2. The third-order valence-corrected chi connectivity index (χ3v) is 4.71. The predicted molar refractivity (Wildman–Crippen MR) is 106 cm³/mol. The topological polar surface area (TPSA) is 74.6 Å². The number of hydrogen-bond acceptors (Lipinski definition) is 6. The summed E-state index contributed by atoms with van der Waals surface area (Å²) in [6.45, 7) is 1.63. The molecule has 0 aliphatic heterocycles. The minimum atomic E-state index is -0.422. The average molecular weight is 383 g/mol. The number of hydrogen-bond donors (Lipinski definition) is 1. The number of methoxy groups -OCH3 is 1. The molecule has 0 bridgehead atoms. The first kappa shape index (κ1) is 18.2. The number of H-pyrrole nitrogens is 1. The number of halogens is 1. The summed E-state index contributed by atoms with van der Waals surface area (Å²) in [4.78, 5) is 8.57. The van der Waals surface area contributed by atoms with E-state index in [1.807, 2.05) is 26.0 Å². The Morgan fingerprint density at radius 3 is 2.79 bits per heavy atom. The van der Waals surface area contributed by atoms with Gasteiger partial charge in [-0.2, -0.15) is 10.2 Å². The van der Waals surface area contributed by atoms with Crippen LogP contribution >= 0.6 is 0 Å². The Balaban J connectivity index is 1.77. The Bertz CT molecular complexity index is 1130. The lowest BCUT2D eigenvalue weighted by atomic mass is 10.1. The van der Waals surface area contributed by atoms with Crippen molar-refractivity contribution in [2.75, 3.05) is 46.2 Å². The number of ether oxygens (including phenoxy) is 1. The van der Waals surface area contributed by atoms with Crippen molar-refractivity contribution in [1.82, 2.24) is 29.7 Å². The number of likely N-dealkylation sites (N-methyl/N-ethyl adjacent to an activating group) is 2. The summed E-state index contributed by atoms with van der Waals surface area (Å²) in [5.74, 6) is 0.923. The molecule has 0 aromatic carbocycles. The number of fused-ring (bicyclic) bond motifs is 2. The Hall–Kier alpha value is -3.20. The molecule has 9 heteroatoms. The fraction of sp³-hybridized carbons (Fsp3) is 0.316. The van der Waals surface area contributed by atoms with E-state index in [1.165, 1.54) is 6.07 Å². The number of aromatic amines is 1. The molecular weight excluding hydrogens is 361 g/mol. The predicted octanol–water partition coefficient (Wildman–Crippen LogP) is 2.42. The monoisotopic (exact) mass is 383 g/mol. The molecule has 0 fully saturated rings. The van der Waals surface area contributed by atoms with Gasteiger partial charge in [-0.25, -0.2) is 13.9 Å². The van der Waals surface area contributed by atoms with E-state index in [0.717, 1.165) is 13.1 Å². The molecule has 0 unspecified atom stereocenters. The zero-order valence-corrected chi connectivity index (χ0v) is 16.3. The smallest absolute Gasteiger partial charge is 0.159 e. The van der Waals surface area contributed by atoms with Crippen LogP contribution in [-0.2, 0) is 0 Å². The molecule has 0 atom stereocenters. The maximum Gasteiger partial charge on any atom is 0.159 e. The van der Waals surface area contributed by atoms with Crippen molar-refractivity contribution in [2.45, 2.75) is 0 Å². The van der Waals surface area contributed by atoms with E-state index >= 15 is 4.39 Å². The van der Waals surface area contributed by atoms with E-state index in [9.17, 15) is 0 Å². The lowest BCUT2D eigenvalue weighted by Crippen LogP contribution is -2.28. The van der Waals surface area contributed by atoms with Gasteiger partial charge in [0.25, 0.3) is 0 Å². The normalized spacial score (nSPS) is 11.6. The second-order valence-corrected chi connectivity index (χ2v) is 6.94. The Morgan fingerprint density at radius 1 is 1.21 bits per heavy atom. The van der Waals surface area contributed by atoms with Gasteiger partial charge in [0, 0.05) is 38.0 Å². The number of anilines is 1. The molecule has 0 aliphatic carbocycles. The van der Waals surface area contributed by atoms with Crippen LogP contribution in [0.5, 0.6) is 5.75 Å². The quantitative estimate of drug-likeness (QED) is 0.551. The van der Waals surface area contributed by atoms with Crippen LogP contribution in [0, 0.1) is 5.82 Å². The van der Waals surface area contributed by atoms with Gasteiger partial charge in [0.05, 0.1) is 24.2 Å². The van der Waals surface area contributed by atoms with Gasteiger partial charge in [-0.3, -0.25) is 5.10 Å². The van der Waals surface area contributed by atoms with E-state index in [2.05, 4.69) is 25.2 Å². The van der Waals surface area contributed by atoms with Gasteiger partial charge >= 0.3 is 0 Å². The molecule has 4 aromatic rings. The van der Waals surface area contributed by atoms with Crippen molar-refractivity contribution in [3.05, 3.63) is 36.4 Å². The molecule has 0 amide bonds. The minimum absolute atomic E-state index is 0.224. The largest absolute Gasteiger partial charge is 0.497 e. The van der Waals surface area contributed by atoms with Crippen molar-refractivity contribution in [3.8, 4) is 17.0 Å². The summed E-state index contributed by atoms with van der Waals surface area (Å²) in [5.41, 5.74) is 2.07. The molecule has 28 heavy (non-hydrogen) atoms. The molecule has 4 heterocycles. The van der Waals surface area contributed by atoms with Gasteiger partial charge in [-0.1, -0.05) is 0 Å². The van der Waals surface area contributed by atoms with Crippen LogP contribution in [0.25, 0.3) is 27.8 Å². The van der Waals surface area contributed by atoms with Crippen LogP contribution in [0.4, 0.5) is 10.2 Å². The lowest BCUT2D eigenvalue weighted by molar-refractivity contribution is 0.414. The average Bonchev–Trinajstić information content (AvgIpc) is 3.28. The molecule has 8 nitrogen and oxygen atoms in total. The van der Waals surface area contributed by atoms with Gasteiger partial charge in [-0.15, -0.1) is 0 Å². The summed E-state index contributed by atoms with van der Waals surface area (Å²) in [6, 6.07) is 5.08. The van der Waals surface area contributed by atoms with E-state index < -0.39 is 5.82 Å². The molecule has 0 saturated carbocycles. The highest BCUT2D eigenvalue weighted by Gasteiger charge is 2.19. The maximum absolute atomic E-state index is 15.0. The first-order valence-electron chi connectivity index (χ1n) is 8.90. The third-order valence-electron chi connectivity index (χ3n) is 4.71. The number of rotatable bonds is 6. The van der Waals surface area contributed by atoms with Gasteiger partial charge < -0.3 is 14.5 Å². The summed E-state index contributed by atoms with van der Waals surface area (Å²) >= 11 is 0. The molecular formula is C19H22FN7O. The zero-order valence-electron chi connectivity index (χ0n) is 16.3. The van der Waals surface area contributed by atoms with Crippen molar-refractivity contribution in [2.24, 2.45) is 0 Å². The van der Waals surface area contributed by atoms with Gasteiger partial charge in [-0.05, 0) is 26.2 Å². The minimum Gasteiger partial charge on any atom is -0.497 e. The van der Waals surface area contributed by atoms with Crippen LogP contribution < -0.4 is 9.64 Å². The van der Waals surface area contributed by atoms with E-state index in [1.54, 1.807) is 36.2 Å². The molecule has 146 valence electrons. The van der Waals surface area contributed by atoms with Crippen LogP contribution in [-0.4, -0.2) is 71.0 Å². The molecule has 0 saturated heterocycles. The molecule has 4 aromatic heterocycles. The molecule has 4 rings (SSSR count).